The summed E-state index contributed by atoms with van der Waals surface area (Å²) in [7, 11) is 0. The number of pyridine rings is 1. The molecule has 0 spiro atoms. The van der Waals surface area contributed by atoms with Gasteiger partial charge >= 0.3 is 0 Å². The maximum absolute atomic E-state index is 12.1. The fraction of sp³-hybridized carbons (Fsp3) is 0.250. The number of hydrogen-bond donors (Lipinski definition) is 1. The van der Waals surface area contributed by atoms with Gasteiger partial charge < -0.3 is 4.98 Å². The van der Waals surface area contributed by atoms with E-state index < -0.39 is 0 Å². The summed E-state index contributed by atoms with van der Waals surface area (Å²) in [5, 5.41) is 1.14. The van der Waals surface area contributed by atoms with E-state index in [4.69, 9.17) is 28.2 Å². The van der Waals surface area contributed by atoms with E-state index in [1.165, 1.54) is 0 Å². The first-order valence-electron chi connectivity index (χ1n) is 8.76. The number of aromatic nitrogens is 3. The van der Waals surface area contributed by atoms with Crippen molar-refractivity contribution < 1.29 is 0 Å². The molecule has 5 nitrogen and oxygen atoms in total. The van der Waals surface area contributed by atoms with Gasteiger partial charge in [0.2, 0.25) is 0 Å². The van der Waals surface area contributed by atoms with Crippen LogP contribution in [0.25, 0.3) is 11.4 Å². The van der Waals surface area contributed by atoms with E-state index in [2.05, 4.69) is 14.9 Å². The molecule has 0 amide bonds. The predicted octanol–water partition coefficient (Wildman–Crippen LogP) is 4.13. The van der Waals surface area contributed by atoms with Crippen LogP contribution in [-0.4, -0.2) is 32.9 Å². The molecular formula is C20H18Cl2N4O. The molecule has 3 aromatic rings. The van der Waals surface area contributed by atoms with Crippen LogP contribution in [0.5, 0.6) is 0 Å². The van der Waals surface area contributed by atoms with Crippen molar-refractivity contribution in [2.75, 3.05) is 13.1 Å². The number of nitrogens with one attached hydrogen (secondary N) is 1. The molecule has 0 aliphatic carbocycles. The van der Waals surface area contributed by atoms with Gasteiger partial charge in [0.05, 0.1) is 15.7 Å². The minimum atomic E-state index is -0.130. The van der Waals surface area contributed by atoms with Crippen molar-refractivity contribution in [3.8, 4) is 11.4 Å². The third-order valence-electron chi connectivity index (χ3n) is 4.80. The average Bonchev–Trinajstić information content (AvgIpc) is 3.13. The summed E-state index contributed by atoms with van der Waals surface area (Å²) in [6.45, 7) is 2.60. The lowest BCUT2D eigenvalue weighted by molar-refractivity contribution is 0.326. The van der Waals surface area contributed by atoms with Crippen LogP contribution in [-0.2, 0) is 6.54 Å². The summed E-state index contributed by atoms with van der Waals surface area (Å²) in [5.41, 5.74) is 2.69. The number of H-pyrrole nitrogens is 1. The molecule has 1 N–H and O–H groups in total. The van der Waals surface area contributed by atoms with Gasteiger partial charge in [-0.15, -0.1) is 0 Å². The molecule has 1 saturated heterocycles. The number of halogens is 2. The standard InChI is InChI=1S/C20H18Cl2N4O/c21-16-2-1-13(9-17(16)22)11-26-8-5-15(12-26)18-10-19(27)25-20(24-18)14-3-6-23-7-4-14/h1-4,6-7,9-10,15H,5,8,11-12H2,(H,24,25,27)/t15-/m1/s1. The van der Waals surface area contributed by atoms with Crippen LogP contribution >= 0.6 is 23.2 Å². The van der Waals surface area contributed by atoms with Gasteiger partial charge in [-0.2, -0.15) is 0 Å². The zero-order valence-corrected chi connectivity index (χ0v) is 16.0. The zero-order valence-electron chi connectivity index (χ0n) is 14.5. The molecule has 0 radical (unpaired) electrons. The smallest absolute Gasteiger partial charge is 0.251 e. The molecule has 0 unspecified atom stereocenters. The summed E-state index contributed by atoms with van der Waals surface area (Å²) in [6.07, 6.45) is 4.35. The Kier molecular flexibility index (Phi) is 5.25. The summed E-state index contributed by atoms with van der Waals surface area (Å²) in [5.74, 6) is 0.818. The van der Waals surface area contributed by atoms with Crippen LogP contribution in [0, 0.1) is 0 Å². The van der Waals surface area contributed by atoms with Gasteiger partial charge in [0.15, 0.2) is 0 Å². The number of nitrogens with zero attached hydrogens (tertiary/aromatic N) is 3. The third kappa shape index (κ3) is 4.21. The molecule has 1 aromatic carbocycles. The van der Waals surface area contributed by atoms with E-state index in [-0.39, 0.29) is 11.5 Å². The second-order valence-electron chi connectivity index (χ2n) is 6.72. The largest absolute Gasteiger partial charge is 0.307 e. The molecule has 2 aromatic heterocycles. The maximum atomic E-state index is 12.1. The SMILES string of the molecule is O=c1cc([C@@H]2CCN(Cc3ccc(Cl)c(Cl)c3)C2)nc(-c2ccncc2)[nH]1. The Hall–Kier alpha value is -2.21. The van der Waals surface area contributed by atoms with Crippen LogP contribution in [0.2, 0.25) is 10.0 Å². The first-order chi connectivity index (χ1) is 13.1. The highest BCUT2D eigenvalue weighted by Gasteiger charge is 2.26. The van der Waals surface area contributed by atoms with E-state index in [1.807, 2.05) is 30.3 Å². The highest BCUT2D eigenvalue weighted by Crippen LogP contribution is 2.29. The lowest BCUT2D eigenvalue weighted by Gasteiger charge is -2.16. The maximum Gasteiger partial charge on any atom is 0.251 e. The topological polar surface area (TPSA) is 61.9 Å². The fourth-order valence-electron chi connectivity index (χ4n) is 3.45. The van der Waals surface area contributed by atoms with Crippen molar-refractivity contribution in [2.45, 2.75) is 18.9 Å². The molecule has 4 rings (SSSR count). The Morgan fingerprint density at radius 1 is 1.11 bits per heavy atom. The van der Waals surface area contributed by atoms with E-state index in [1.54, 1.807) is 18.5 Å². The summed E-state index contributed by atoms with van der Waals surface area (Å²) in [6, 6.07) is 11.0. The molecule has 1 aliphatic rings. The number of benzene rings is 1. The monoisotopic (exact) mass is 400 g/mol. The van der Waals surface area contributed by atoms with Crippen molar-refractivity contribution in [2.24, 2.45) is 0 Å². The van der Waals surface area contributed by atoms with Crippen molar-refractivity contribution in [1.29, 1.82) is 0 Å². The number of aromatic amines is 1. The van der Waals surface area contributed by atoms with Crippen LogP contribution in [0.4, 0.5) is 0 Å². The Balaban J connectivity index is 1.51. The van der Waals surface area contributed by atoms with Gasteiger partial charge in [-0.05, 0) is 42.8 Å². The van der Waals surface area contributed by atoms with Crippen LogP contribution in [0.1, 0.15) is 23.6 Å². The molecule has 3 heterocycles. The van der Waals surface area contributed by atoms with E-state index in [0.29, 0.717) is 15.9 Å². The fourth-order valence-corrected chi connectivity index (χ4v) is 3.77. The summed E-state index contributed by atoms with van der Waals surface area (Å²) >= 11 is 12.1. The first-order valence-corrected chi connectivity index (χ1v) is 9.52. The van der Waals surface area contributed by atoms with Crippen molar-refractivity contribution >= 4 is 23.2 Å². The van der Waals surface area contributed by atoms with E-state index >= 15 is 0 Å². The van der Waals surface area contributed by atoms with Gasteiger partial charge in [0, 0.05) is 43.0 Å². The molecule has 0 bridgehead atoms. The van der Waals surface area contributed by atoms with Crippen LogP contribution in [0.3, 0.4) is 0 Å². The molecule has 0 saturated carbocycles. The Bertz CT molecular complexity index is 1010. The quantitative estimate of drug-likeness (QED) is 0.714. The van der Waals surface area contributed by atoms with E-state index in [9.17, 15) is 4.79 Å². The highest BCUT2D eigenvalue weighted by atomic mass is 35.5. The van der Waals surface area contributed by atoms with E-state index in [0.717, 1.165) is 42.9 Å². The Labute approximate surface area is 167 Å². The molecule has 7 heteroatoms. The van der Waals surface area contributed by atoms with Gasteiger partial charge in [0.1, 0.15) is 5.82 Å². The summed E-state index contributed by atoms with van der Waals surface area (Å²) in [4.78, 5) is 26.0. The number of hydrogen-bond acceptors (Lipinski definition) is 4. The predicted molar refractivity (Wildman–Crippen MR) is 107 cm³/mol. The lowest BCUT2D eigenvalue weighted by Crippen LogP contribution is -2.20. The van der Waals surface area contributed by atoms with Crippen molar-refractivity contribution in [3.05, 3.63) is 80.4 Å². The Morgan fingerprint density at radius 3 is 2.70 bits per heavy atom. The second kappa shape index (κ2) is 7.80. The van der Waals surface area contributed by atoms with Crippen molar-refractivity contribution in [3.63, 3.8) is 0 Å². The molecule has 1 atom stereocenters. The van der Waals surface area contributed by atoms with Gasteiger partial charge in [-0.1, -0.05) is 29.3 Å². The van der Waals surface area contributed by atoms with Gasteiger partial charge in [-0.3, -0.25) is 14.7 Å². The van der Waals surface area contributed by atoms with Gasteiger partial charge in [-0.25, -0.2) is 4.98 Å². The van der Waals surface area contributed by atoms with Crippen molar-refractivity contribution in [1.82, 2.24) is 19.9 Å². The Morgan fingerprint density at radius 2 is 1.93 bits per heavy atom. The molecular weight excluding hydrogens is 383 g/mol. The van der Waals surface area contributed by atoms with Crippen LogP contribution < -0.4 is 5.56 Å². The zero-order chi connectivity index (χ0) is 18.8. The number of rotatable bonds is 4. The highest BCUT2D eigenvalue weighted by molar-refractivity contribution is 6.42. The lowest BCUT2D eigenvalue weighted by atomic mass is 10.0. The second-order valence-corrected chi connectivity index (χ2v) is 7.54. The summed E-state index contributed by atoms with van der Waals surface area (Å²) < 4.78 is 0. The third-order valence-corrected chi connectivity index (χ3v) is 5.54. The molecule has 1 aliphatic heterocycles. The van der Waals surface area contributed by atoms with Crippen LogP contribution in [0.15, 0.2) is 53.6 Å². The average molecular weight is 401 g/mol. The molecule has 1 fully saturated rings. The first kappa shape index (κ1) is 18.2. The normalized spacial score (nSPS) is 17.3. The minimum Gasteiger partial charge on any atom is -0.307 e. The molecule has 138 valence electrons. The number of likely N-dealkylation sites (tertiary alicyclic amines) is 1. The van der Waals surface area contributed by atoms with Gasteiger partial charge in [0.25, 0.3) is 5.56 Å². The minimum absolute atomic E-state index is 0.130. The molecule has 27 heavy (non-hydrogen) atoms.